The summed E-state index contributed by atoms with van der Waals surface area (Å²) in [6, 6.07) is 66.3. The summed E-state index contributed by atoms with van der Waals surface area (Å²) in [7, 11) is 0. The second-order valence-corrected chi connectivity index (χ2v) is 13.6. The first kappa shape index (κ1) is 30.2. The number of benzene rings is 8. The van der Waals surface area contributed by atoms with Crippen molar-refractivity contribution in [1.82, 2.24) is 4.57 Å². The van der Waals surface area contributed by atoms with Crippen molar-refractivity contribution in [3.8, 4) is 27.9 Å². The van der Waals surface area contributed by atoms with Crippen molar-refractivity contribution in [1.29, 1.82) is 0 Å². The summed E-state index contributed by atoms with van der Waals surface area (Å²) in [5.74, 6) is 0. The fraction of sp³-hybridized carbons (Fsp3) is 0.0400. The van der Waals surface area contributed by atoms with E-state index in [1.807, 2.05) is 0 Å². The van der Waals surface area contributed by atoms with Gasteiger partial charge in [-0.05, 0) is 94.4 Å². The highest BCUT2D eigenvalue weighted by molar-refractivity contribution is 6.12. The number of rotatable bonds is 6. The topological polar surface area (TPSA) is 8.17 Å². The lowest BCUT2D eigenvalue weighted by atomic mass is 9.95. The van der Waals surface area contributed by atoms with Crippen LogP contribution >= 0.6 is 0 Å². The van der Waals surface area contributed by atoms with Crippen molar-refractivity contribution in [3.05, 3.63) is 199 Å². The first-order valence-corrected chi connectivity index (χ1v) is 18.2. The monoisotopic (exact) mass is 664 g/mol. The highest BCUT2D eigenvalue weighted by Crippen LogP contribution is 2.44. The third-order valence-electron chi connectivity index (χ3n) is 10.7. The van der Waals surface area contributed by atoms with Crippen LogP contribution in [0, 0.1) is 0 Å². The Bertz CT molecular complexity index is 2760. The molecule has 52 heavy (non-hydrogen) atoms. The average molecular weight is 665 g/mol. The third-order valence-corrected chi connectivity index (χ3v) is 10.7. The molecule has 1 heterocycles. The molecule has 1 aliphatic rings. The molecule has 9 aromatic rings. The number of anilines is 3. The molecule has 0 bridgehead atoms. The van der Waals surface area contributed by atoms with E-state index < -0.39 is 0 Å². The fourth-order valence-corrected chi connectivity index (χ4v) is 8.21. The maximum absolute atomic E-state index is 2.46. The Hall–Kier alpha value is -6.64. The molecule has 0 aliphatic heterocycles. The molecule has 0 unspecified atom stereocenters. The van der Waals surface area contributed by atoms with E-state index in [9.17, 15) is 0 Å². The second-order valence-electron chi connectivity index (χ2n) is 13.6. The Morgan fingerprint density at radius 3 is 1.96 bits per heavy atom. The van der Waals surface area contributed by atoms with E-state index in [0.29, 0.717) is 0 Å². The molecule has 2 nitrogen and oxygen atoms in total. The number of para-hydroxylation sites is 2. The van der Waals surface area contributed by atoms with Gasteiger partial charge in [-0.2, -0.15) is 0 Å². The molecular weight excluding hydrogens is 629 g/mol. The smallest absolute Gasteiger partial charge is 0.0616 e. The molecule has 8 aromatic carbocycles. The highest BCUT2D eigenvalue weighted by atomic mass is 15.1. The molecule has 0 atom stereocenters. The van der Waals surface area contributed by atoms with Crippen molar-refractivity contribution < 1.29 is 0 Å². The van der Waals surface area contributed by atoms with Gasteiger partial charge in [0.25, 0.3) is 0 Å². The molecule has 0 saturated heterocycles. The van der Waals surface area contributed by atoms with Crippen LogP contribution < -0.4 is 4.90 Å². The van der Waals surface area contributed by atoms with Crippen molar-refractivity contribution in [2.45, 2.75) is 12.8 Å². The Morgan fingerprint density at radius 2 is 1.12 bits per heavy atom. The Labute approximate surface area is 304 Å². The zero-order chi connectivity index (χ0) is 34.4. The first-order chi connectivity index (χ1) is 25.8. The summed E-state index contributed by atoms with van der Waals surface area (Å²) < 4.78 is 2.46. The number of nitrogens with zero attached hydrogens (tertiary/aromatic N) is 2. The van der Waals surface area contributed by atoms with Gasteiger partial charge in [0.05, 0.1) is 16.7 Å². The van der Waals surface area contributed by atoms with Crippen LogP contribution in [0.15, 0.2) is 188 Å². The molecule has 0 fully saturated rings. The van der Waals surface area contributed by atoms with Crippen LogP contribution in [0.25, 0.3) is 66.6 Å². The molecule has 0 saturated carbocycles. The molecule has 0 spiro atoms. The molecule has 10 rings (SSSR count). The van der Waals surface area contributed by atoms with E-state index in [2.05, 4.69) is 204 Å². The quantitative estimate of drug-likeness (QED) is 0.172. The number of hydrogen-bond acceptors (Lipinski definition) is 1. The minimum atomic E-state index is 1.08. The van der Waals surface area contributed by atoms with Crippen LogP contribution in [0.2, 0.25) is 0 Å². The molecule has 0 radical (unpaired) electrons. The molecule has 246 valence electrons. The number of fused-ring (bicyclic) bond motifs is 6. The fourth-order valence-electron chi connectivity index (χ4n) is 8.21. The zero-order valence-electron chi connectivity index (χ0n) is 28.8. The van der Waals surface area contributed by atoms with E-state index in [0.717, 1.165) is 35.6 Å². The Morgan fingerprint density at radius 1 is 0.462 bits per heavy atom. The van der Waals surface area contributed by atoms with E-state index in [1.54, 1.807) is 0 Å². The van der Waals surface area contributed by atoms with E-state index in [4.69, 9.17) is 0 Å². The number of aryl methyl sites for hydroxylation is 1. The van der Waals surface area contributed by atoms with Gasteiger partial charge in [0, 0.05) is 39.0 Å². The van der Waals surface area contributed by atoms with Crippen LogP contribution in [0.1, 0.15) is 17.5 Å². The van der Waals surface area contributed by atoms with Gasteiger partial charge in [-0.15, -0.1) is 0 Å². The predicted octanol–water partition coefficient (Wildman–Crippen LogP) is 13.7. The van der Waals surface area contributed by atoms with Gasteiger partial charge in [0.2, 0.25) is 0 Å². The average Bonchev–Trinajstić information content (AvgIpc) is 3.57. The Balaban J connectivity index is 1.16. The summed E-state index contributed by atoms with van der Waals surface area (Å²) >= 11 is 0. The van der Waals surface area contributed by atoms with Gasteiger partial charge >= 0.3 is 0 Å². The minimum absolute atomic E-state index is 1.08. The summed E-state index contributed by atoms with van der Waals surface area (Å²) in [5.41, 5.74) is 14.6. The lowest BCUT2D eigenvalue weighted by Crippen LogP contribution is -2.11. The summed E-state index contributed by atoms with van der Waals surface area (Å²) in [6.45, 7) is 0. The summed E-state index contributed by atoms with van der Waals surface area (Å²) in [4.78, 5) is 2.41. The third kappa shape index (κ3) is 5.03. The van der Waals surface area contributed by atoms with Crippen LogP contribution in [-0.2, 0) is 6.42 Å². The maximum Gasteiger partial charge on any atom is 0.0616 e. The summed E-state index contributed by atoms with van der Waals surface area (Å²) in [5, 5.41) is 5.07. The second kappa shape index (κ2) is 12.6. The normalized spacial score (nSPS) is 12.4. The van der Waals surface area contributed by atoms with Crippen molar-refractivity contribution in [2.24, 2.45) is 0 Å². The van der Waals surface area contributed by atoms with E-state index in [-0.39, 0.29) is 0 Å². The van der Waals surface area contributed by atoms with Crippen molar-refractivity contribution >= 4 is 55.7 Å². The highest BCUT2D eigenvalue weighted by Gasteiger charge is 2.21. The maximum atomic E-state index is 2.46. The molecule has 1 aromatic heterocycles. The zero-order valence-corrected chi connectivity index (χ0v) is 28.8. The van der Waals surface area contributed by atoms with Crippen LogP contribution in [0.4, 0.5) is 17.1 Å². The molecule has 1 aliphatic carbocycles. The number of hydrogen-bond donors (Lipinski definition) is 0. The van der Waals surface area contributed by atoms with Gasteiger partial charge in [-0.1, -0.05) is 146 Å². The van der Waals surface area contributed by atoms with Crippen molar-refractivity contribution in [2.75, 3.05) is 4.90 Å². The largest absolute Gasteiger partial charge is 0.310 e. The van der Waals surface area contributed by atoms with Crippen LogP contribution in [0.3, 0.4) is 0 Å². The SMILES string of the molecule is C1=Cc2c(ccc3c4ccccc4n(-c4ccc(N(c5ccc(-c6ccccc6)cc5)c5ccccc5-c5cccc6ccccc56)cc4)c23)CC1. The molecular formula is C50H36N2. The predicted molar refractivity (Wildman–Crippen MR) is 221 cm³/mol. The van der Waals surface area contributed by atoms with Crippen LogP contribution in [-0.4, -0.2) is 4.57 Å². The van der Waals surface area contributed by atoms with E-state index in [1.165, 1.54) is 66.0 Å². The lowest BCUT2D eigenvalue weighted by molar-refractivity contribution is 0.986. The number of aromatic nitrogens is 1. The Kier molecular flexibility index (Phi) is 7.32. The van der Waals surface area contributed by atoms with Gasteiger partial charge in [0.1, 0.15) is 0 Å². The van der Waals surface area contributed by atoms with Crippen molar-refractivity contribution in [3.63, 3.8) is 0 Å². The van der Waals surface area contributed by atoms with Gasteiger partial charge < -0.3 is 9.47 Å². The summed E-state index contributed by atoms with van der Waals surface area (Å²) in [6.07, 6.45) is 6.82. The van der Waals surface area contributed by atoms with Gasteiger partial charge in [-0.25, -0.2) is 0 Å². The van der Waals surface area contributed by atoms with Gasteiger partial charge in [-0.3, -0.25) is 0 Å². The first-order valence-electron chi connectivity index (χ1n) is 18.2. The molecule has 0 N–H and O–H groups in total. The number of allylic oxidation sites excluding steroid dienone is 1. The lowest BCUT2D eigenvalue weighted by Gasteiger charge is -2.28. The van der Waals surface area contributed by atoms with Crippen LogP contribution in [0.5, 0.6) is 0 Å². The molecule has 0 amide bonds. The van der Waals surface area contributed by atoms with E-state index >= 15 is 0 Å². The minimum Gasteiger partial charge on any atom is -0.310 e. The standard InChI is InChI=1S/C50H36N2/c1-2-13-35(14-3-1)36-25-28-39(29-26-36)51(48-23-10-8-20-45(48)44-22-12-17-37-15-4-6-18-42(37)44)40-30-32-41(33-31-40)52-49-24-11-9-21-46(49)47-34-27-38-16-5-7-19-43(38)50(47)52/h1-4,6-15,17-34H,5,16H2. The van der Waals surface area contributed by atoms with Gasteiger partial charge in [0.15, 0.2) is 0 Å². The molecule has 2 heteroatoms.